The number of nitrogens with two attached hydrogens (primary N) is 1. The molecular weight excluding hydrogens is 298 g/mol. The van der Waals surface area contributed by atoms with Gasteiger partial charge in [0.2, 0.25) is 0 Å². The summed E-state index contributed by atoms with van der Waals surface area (Å²) in [6.07, 6.45) is 6.11. The summed E-state index contributed by atoms with van der Waals surface area (Å²) in [5.74, 6) is 0.192. The summed E-state index contributed by atoms with van der Waals surface area (Å²) < 4.78 is 29.0. The van der Waals surface area contributed by atoms with E-state index in [0.717, 1.165) is 37.5 Å². The van der Waals surface area contributed by atoms with Crippen LogP contribution in [-0.2, 0) is 15.4 Å². The van der Waals surface area contributed by atoms with Crippen LogP contribution in [0, 0.1) is 0 Å². The Morgan fingerprint density at radius 3 is 2.35 bits per heavy atom. The zero-order valence-electron chi connectivity index (χ0n) is 11.8. The molecule has 0 bridgehead atoms. The number of rotatable bonds is 3. The zero-order chi connectivity index (χ0) is 15.0. The van der Waals surface area contributed by atoms with Gasteiger partial charge in [-0.25, -0.2) is 8.42 Å². The molecule has 1 aliphatic carbocycles. The van der Waals surface area contributed by atoms with E-state index in [1.165, 1.54) is 13.5 Å². The van der Waals surface area contributed by atoms with Gasteiger partial charge in [0.15, 0.2) is 15.6 Å². The first-order valence-corrected chi connectivity index (χ1v) is 8.92. The minimum Gasteiger partial charge on any atom is -0.494 e. The van der Waals surface area contributed by atoms with Crippen LogP contribution in [0.25, 0.3) is 0 Å². The summed E-state index contributed by atoms with van der Waals surface area (Å²) in [7, 11) is -2.01. The van der Waals surface area contributed by atoms with E-state index in [4.69, 9.17) is 22.1 Å². The van der Waals surface area contributed by atoms with Gasteiger partial charge in [0.05, 0.1) is 12.1 Å². The van der Waals surface area contributed by atoms with Gasteiger partial charge in [0.25, 0.3) is 0 Å². The number of halogens is 1. The molecule has 2 rings (SSSR count). The standard InChI is InChI=1S/C14H20ClNO3S/c1-19-13-11(15)8-10(9-12(13)20(2,17)18)14(16)6-4-3-5-7-14/h8-9H,3-7,16H2,1-2H3. The second kappa shape index (κ2) is 5.54. The molecule has 0 aromatic heterocycles. The maximum atomic E-state index is 11.9. The lowest BCUT2D eigenvalue weighted by molar-refractivity contribution is 0.301. The molecule has 0 aliphatic heterocycles. The molecule has 0 spiro atoms. The molecule has 1 aliphatic rings. The first-order valence-electron chi connectivity index (χ1n) is 6.65. The lowest BCUT2D eigenvalue weighted by Gasteiger charge is -2.34. The zero-order valence-corrected chi connectivity index (χ0v) is 13.4. The number of sulfone groups is 1. The SMILES string of the molecule is COc1c(Cl)cc(C2(N)CCCCC2)cc1S(C)(=O)=O. The normalized spacial score (nSPS) is 18.8. The Hall–Kier alpha value is -0.780. The van der Waals surface area contributed by atoms with Crippen LogP contribution >= 0.6 is 11.6 Å². The highest BCUT2D eigenvalue weighted by Crippen LogP contribution is 2.40. The van der Waals surface area contributed by atoms with Crippen molar-refractivity contribution in [2.75, 3.05) is 13.4 Å². The van der Waals surface area contributed by atoms with Gasteiger partial charge in [0.1, 0.15) is 4.90 Å². The third kappa shape index (κ3) is 2.95. The number of hydrogen-bond acceptors (Lipinski definition) is 4. The van der Waals surface area contributed by atoms with Crippen LogP contribution < -0.4 is 10.5 Å². The van der Waals surface area contributed by atoms with Crippen LogP contribution in [0.4, 0.5) is 0 Å². The molecule has 0 atom stereocenters. The largest absolute Gasteiger partial charge is 0.494 e. The van der Waals surface area contributed by atoms with Crippen molar-refractivity contribution in [2.45, 2.75) is 42.5 Å². The Morgan fingerprint density at radius 1 is 1.25 bits per heavy atom. The minimum absolute atomic E-state index is 0.109. The Labute approximate surface area is 125 Å². The Kier molecular flexibility index (Phi) is 4.33. The number of hydrogen-bond donors (Lipinski definition) is 1. The molecule has 0 amide bonds. The highest BCUT2D eigenvalue weighted by atomic mass is 35.5. The molecular formula is C14H20ClNO3S. The Bertz CT molecular complexity index is 607. The fraction of sp³-hybridized carbons (Fsp3) is 0.571. The minimum atomic E-state index is -3.42. The molecule has 1 fully saturated rings. The highest BCUT2D eigenvalue weighted by molar-refractivity contribution is 7.90. The van der Waals surface area contributed by atoms with Gasteiger partial charge in [-0.2, -0.15) is 0 Å². The summed E-state index contributed by atoms with van der Waals surface area (Å²) in [5.41, 5.74) is 6.75. The van der Waals surface area contributed by atoms with Gasteiger partial charge in [0, 0.05) is 11.8 Å². The molecule has 2 N–H and O–H groups in total. The molecule has 0 saturated heterocycles. The molecule has 1 aromatic carbocycles. The van der Waals surface area contributed by atoms with Crippen LogP contribution in [0.3, 0.4) is 0 Å². The van der Waals surface area contributed by atoms with Crippen molar-refractivity contribution >= 4 is 21.4 Å². The van der Waals surface area contributed by atoms with E-state index in [0.29, 0.717) is 5.02 Å². The lowest BCUT2D eigenvalue weighted by Crippen LogP contribution is -2.38. The molecule has 112 valence electrons. The van der Waals surface area contributed by atoms with Gasteiger partial charge in [-0.05, 0) is 30.5 Å². The Balaban J connectivity index is 2.59. The van der Waals surface area contributed by atoms with Crippen molar-refractivity contribution in [2.24, 2.45) is 5.73 Å². The summed E-state index contributed by atoms with van der Waals surface area (Å²) >= 11 is 6.18. The summed E-state index contributed by atoms with van der Waals surface area (Å²) in [4.78, 5) is 0.109. The van der Waals surface area contributed by atoms with Gasteiger partial charge in [-0.3, -0.25) is 0 Å². The third-order valence-corrected chi connectivity index (χ3v) is 5.32. The van der Waals surface area contributed by atoms with E-state index in [2.05, 4.69) is 0 Å². The van der Waals surface area contributed by atoms with Crippen molar-refractivity contribution in [3.05, 3.63) is 22.7 Å². The first kappa shape index (κ1) is 15.6. The van der Waals surface area contributed by atoms with Crippen LogP contribution in [0.15, 0.2) is 17.0 Å². The summed E-state index contributed by atoms with van der Waals surface area (Å²) in [5, 5.41) is 0.292. The van der Waals surface area contributed by atoms with Crippen molar-refractivity contribution in [3.63, 3.8) is 0 Å². The molecule has 0 unspecified atom stereocenters. The number of ether oxygens (including phenoxy) is 1. The van der Waals surface area contributed by atoms with Crippen LogP contribution in [0.5, 0.6) is 5.75 Å². The van der Waals surface area contributed by atoms with E-state index in [1.54, 1.807) is 12.1 Å². The fourth-order valence-corrected chi connectivity index (χ4v) is 4.02. The maximum Gasteiger partial charge on any atom is 0.179 e. The van der Waals surface area contributed by atoms with E-state index in [9.17, 15) is 8.42 Å². The van der Waals surface area contributed by atoms with Gasteiger partial charge >= 0.3 is 0 Å². The monoisotopic (exact) mass is 317 g/mol. The van der Waals surface area contributed by atoms with E-state index in [-0.39, 0.29) is 10.6 Å². The molecule has 4 nitrogen and oxygen atoms in total. The molecule has 0 radical (unpaired) electrons. The third-order valence-electron chi connectivity index (χ3n) is 3.93. The summed E-state index contributed by atoms with van der Waals surface area (Å²) in [6, 6.07) is 3.35. The number of methoxy groups -OCH3 is 1. The average Bonchev–Trinajstić information content (AvgIpc) is 2.37. The van der Waals surface area contributed by atoms with Crippen LogP contribution in [0.2, 0.25) is 5.02 Å². The van der Waals surface area contributed by atoms with Crippen molar-refractivity contribution in [3.8, 4) is 5.75 Å². The van der Waals surface area contributed by atoms with Crippen molar-refractivity contribution < 1.29 is 13.2 Å². The smallest absolute Gasteiger partial charge is 0.179 e. The molecule has 6 heteroatoms. The Morgan fingerprint density at radius 2 is 1.85 bits per heavy atom. The number of benzene rings is 1. The second-order valence-corrected chi connectivity index (χ2v) is 7.87. The lowest BCUT2D eigenvalue weighted by atomic mass is 9.77. The predicted octanol–water partition coefficient (Wildman–Crippen LogP) is 2.87. The quantitative estimate of drug-likeness (QED) is 0.930. The van der Waals surface area contributed by atoms with Crippen molar-refractivity contribution in [1.82, 2.24) is 0 Å². The molecule has 1 saturated carbocycles. The van der Waals surface area contributed by atoms with Crippen LogP contribution in [-0.4, -0.2) is 21.8 Å². The maximum absolute atomic E-state index is 11.9. The van der Waals surface area contributed by atoms with Gasteiger partial charge in [-0.15, -0.1) is 0 Å². The van der Waals surface area contributed by atoms with E-state index < -0.39 is 15.4 Å². The topological polar surface area (TPSA) is 69.4 Å². The summed E-state index contributed by atoms with van der Waals surface area (Å²) in [6.45, 7) is 0. The van der Waals surface area contributed by atoms with E-state index in [1.807, 2.05) is 0 Å². The fourth-order valence-electron chi connectivity index (χ4n) is 2.80. The highest BCUT2D eigenvalue weighted by Gasteiger charge is 2.32. The predicted molar refractivity (Wildman–Crippen MR) is 80.1 cm³/mol. The average molecular weight is 318 g/mol. The van der Waals surface area contributed by atoms with Crippen LogP contribution in [0.1, 0.15) is 37.7 Å². The van der Waals surface area contributed by atoms with Gasteiger partial charge in [-0.1, -0.05) is 30.9 Å². The first-order chi connectivity index (χ1) is 9.28. The second-order valence-electron chi connectivity index (χ2n) is 5.48. The van der Waals surface area contributed by atoms with Gasteiger partial charge < -0.3 is 10.5 Å². The molecule has 0 heterocycles. The molecule has 20 heavy (non-hydrogen) atoms. The molecule has 1 aromatic rings. The van der Waals surface area contributed by atoms with Crippen molar-refractivity contribution in [1.29, 1.82) is 0 Å². The van der Waals surface area contributed by atoms with E-state index >= 15 is 0 Å².